The Labute approximate surface area is 180 Å². The van der Waals surface area contributed by atoms with Gasteiger partial charge in [-0.15, -0.1) is 0 Å². The van der Waals surface area contributed by atoms with E-state index in [0.717, 1.165) is 11.3 Å². The van der Waals surface area contributed by atoms with Gasteiger partial charge in [-0.2, -0.15) is 5.10 Å². The molecule has 1 aromatic heterocycles. The maximum Gasteiger partial charge on any atom is 0.259 e. The molecule has 0 bridgehead atoms. The van der Waals surface area contributed by atoms with Crippen molar-refractivity contribution >= 4 is 17.5 Å². The second kappa shape index (κ2) is 8.67. The van der Waals surface area contributed by atoms with Crippen molar-refractivity contribution in [2.24, 2.45) is 0 Å². The first kappa shape index (κ1) is 20.1. The zero-order valence-electron chi connectivity index (χ0n) is 17.3. The number of carbonyl (C=O) groups excluding carboxylic acids is 2. The number of anilines is 1. The van der Waals surface area contributed by atoms with Gasteiger partial charge in [0.1, 0.15) is 5.69 Å². The van der Waals surface area contributed by atoms with Gasteiger partial charge in [0.05, 0.1) is 11.3 Å². The zero-order valence-corrected chi connectivity index (χ0v) is 17.3. The molecule has 6 heteroatoms. The summed E-state index contributed by atoms with van der Waals surface area (Å²) < 4.78 is 1.70. The van der Waals surface area contributed by atoms with Crippen LogP contribution in [0.25, 0.3) is 16.9 Å². The lowest BCUT2D eigenvalue weighted by molar-refractivity contribution is 0.0827. The maximum atomic E-state index is 13.2. The predicted molar refractivity (Wildman–Crippen MR) is 121 cm³/mol. The average molecular weight is 410 g/mol. The van der Waals surface area contributed by atoms with Gasteiger partial charge >= 0.3 is 0 Å². The molecule has 0 saturated carbocycles. The Morgan fingerprint density at radius 3 is 2.23 bits per heavy atom. The van der Waals surface area contributed by atoms with Crippen LogP contribution in [0.15, 0.2) is 91.1 Å². The Bertz CT molecular complexity index is 1210. The van der Waals surface area contributed by atoms with E-state index in [9.17, 15) is 9.59 Å². The Kier molecular flexibility index (Phi) is 5.62. The molecule has 0 unspecified atom stereocenters. The van der Waals surface area contributed by atoms with Crippen molar-refractivity contribution in [3.63, 3.8) is 0 Å². The SMILES string of the molecule is CN(C)C(=O)c1cccc(NC(=O)c2cn(-c3ccccc3)nc2-c2ccccc2)c1. The molecular formula is C25H22N4O2. The number of para-hydroxylation sites is 1. The van der Waals surface area contributed by atoms with E-state index in [-0.39, 0.29) is 11.8 Å². The van der Waals surface area contributed by atoms with E-state index in [2.05, 4.69) is 10.4 Å². The van der Waals surface area contributed by atoms with Crippen molar-refractivity contribution in [1.82, 2.24) is 14.7 Å². The predicted octanol–water partition coefficient (Wildman–Crippen LogP) is 4.49. The monoisotopic (exact) mass is 410 g/mol. The van der Waals surface area contributed by atoms with Gasteiger partial charge in [-0.1, -0.05) is 54.6 Å². The smallest absolute Gasteiger partial charge is 0.259 e. The number of carbonyl (C=O) groups is 2. The van der Waals surface area contributed by atoms with Gasteiger partial charge in [-0.3, -0.25) is 9.59 Å². The number of amides is 2. The van der Waals surface area contributed by atoms with Crippen LogP contribution in [-0.4, -0.2) is 40.6 Å². The van der Waals surface area contributed by atoms with E-state index in [4.69, 9.17) is 0 Å². The van der Waals surface area contributed by atoms with Gasteiger partial charge in [0.15, 0.2) is 0 Å². The van der Waals surface area contributed by atoms with Crippen molar-refractivity contribution in [1.29, 1.82) is 0 Å². The summed E-state index contributed by atoms with van der Waals surface area (Å²) in [5.41, 5.74) is 3.79. The highest BCUT2D eigenvalue weighted by molar-refractivity contribution is 6.08. The topological polar surface area (TPSA) is 67.2 Å². The number of aromatic nitrogens is 2. The van der Waals surface area contributed by atoms with Crippen LogP contribution in [0.1, 0.15) is 20.7 Å². The molecule has 0 radical (unpaired) electrons. The molecule has 4 aromatic rings. The van der Waals surface area contributed by atoms with Crippen molar-refractivity contribution in [3.05, 3.63) is 102 Å². The summed E-state index contributed by atoms with van der Waals surface area (Å²) in [6.07, 6.45) is 1.72. The molecule has 0 aliphatic rings. The number of hydrogen-bond acceptors (Lipinski definition) is 3. The second-order valence-corrected chi connectivity index (χ2v) is 7.27. The third-order valence-corrected chi connectivity index (χ3v) is 4.80. The van der Waals surface area contributed by atoms with Crippen molar-refractivity contribution in [2.45, 2.75) is 0 Å². The molecule has 0 saturated heterocycles. The molecule has 154 valence electrons. The Balaban J connectivity index is 1.70. The highest BCUT2D eigenvalue weighted by atomic mass is 16.2. The molecule has 2 amide bonds. The molecule has 0 atom stereocenters. The summed E-state index contributed by atoms with van der Waals surface area (Å²) in [4.78, 5) is 27.0. The number of hydrogen-bond donors (Lipinski definition) is 1. The summed E-state index contributed by atoms with van der Waals surface area (Å²) in [5.74, 6) is -0.423. The van der Waals surface area contributed by atoms with E-state index >= 15 is 0 Å². The largest absolute Gasteiger partial charge is 0.345 e. The van der Waals surface area contributed by atoms with E-state index in [1.807, 2.05) is 60.7 Å². The van der Waals surface area contributed by atoms with Crippen LogP contribution in [-0.2, 0) is 0 Å². The molecule has 1 N–H and O–H groups in total. The van der Waals surface area contributed by atoms with Crippen molar-refractivity contribution in [3.8, 4) is 16.9 Å². The van der Waals surface area contributed by atoms with Crippen molar-refractivity contribution < 1.29 is 9.59 Å². The first-order valence-corrected chi connectivity index (χ1v) is 9.86. The Morgan fingerprint density at radius 2 is 1.55 bits per heavy atom. The average Bonchev–Trinajstić information content (AvgIpc) is 3.26. The molecule has 0 aliphatic heterocycles. The first-order chi connectivity index (χ1) is 15.0. The molecule has 1 heterocycles. The highest BCUT2D eigenvalue weighted by Crippen LogP contribution is 2.25. The van der Waals surface area contributed by atoms with Gasteiger partial charge < -0.3 is 10.2 Å². The van der Waals surface area contributed by atoms with Gasteiger partial charge in [-0.05, 0) is 30.3 Å². The molecular weight excluding hydrogens is 388 g/mol. The summed E-state index contributed by atoms with van der Waals surface area (Å²) in [6, 6.07) is 26.1. The summed E-state index contributed by atoms with van der Waals surface area (Å²) in [5, 5.41) is 7.58. The minimum atomic E-state index is -0.296. The molecule has 0 aliphatic carbocycles. The van der Waals surface area contributed by atoms with Crippen LogP contribution in [0.3, 0.4) is 0 Å². The number of benzene rings is 3. The van der Waals surface area contributed by atoms with Crippen LogP contribution in [0.4, 0.5) is 5.69 Å². The number of nitrogens with one attached hydrogen (secondary N) is 1. The third kappa shape index (κ3) is 4.38. The molecule has 31 heavy (non-hydrogen) atoms. The van der Waals surface area contributed by atoms with Crippen LogP contribution < -0.4 is 5.32 Å². The molecule has 6 nitrogen and oxygen atoms in total. The lowest BCUT2D eigenvalue weighted by Crippen LogP contribution is -2.22. The quantitative estimate of drug-likeness (QED) is 0.527. The van der Waals surface area contributed by atoms with E-state index in [0.29, 0.717) is 22.5 Å². The Morgan fingerprint density at radius 1 is 0.871 bits per heavy atom. The fourth-order valence-corrected chi connectivity index (χ4v) is 3.25. The van der Waals surface area contributed by atoms with Gasteiger partial charge in [0.25, 0.3) is 11.8 Å². The molecule has 4 rings (SSSR count). The summed E-state index contributed by atoms with van der Waals surface area (Å²) in [7, 11) is 3.38. The van der Waals surface area contributed by atoms with Crippen LogP contribution in [0, 0.1) is 0 Å². The Hall–Kier alpha value is -4.19. The standard InChI is InChI=1S/C25H22N4O2/c1-28(2)25(31)19-12-9-13-20(16-19)26-24(30)22-17-29(21-14-7-4-8-15-21)27-23(22)18-10-5-3-6-11-18/h3-17H,1-2H3,(H,26,30). The van der Waals surface area contributed by atoms with E-state index in [1.165, 1.54) is 4.90 Å². The number of nitrogens with zero attached hydrogens (tertiary/aromatic N) is 3. The lowest BCUT2D eigenvalue weighted by Gasteiger charge is -2.11. The molecule has 0 spiro atoms. The fraction of sp³-hybridized carbons (Fsp3) is 0.0800. The maximum absolute atomic E-state index is 13.2. The zero-order chi connectivity index (χ0) is 21.8. The van der Waals surface area contributed by atoms with Crippen molar-refractivity contribution in [2.75, 3.05) is 19.4 Å². The summed E-state index contributed by atoms with van der Waals surface area (Å²) >= 11 is 0. The van der Waals surface area contributed by atoms with Gasteiger partial charge in [0.2, 0.25) is 0 Å². The lowest BCUT2D eigenvalue weighted by atomic mass is 10.1. The van der Waals surface area contributed by atoms with Crippen LogP contribution >= 0.6 is 0 Å². The summed E-state index contributed by atoms with van der Waals surface area (Å²) in [6.45, 7) is 0. The molecule has 3 aromatic carbocycles. The first-order valence-electron chi connectivity index (χ1n) is 9.86. The number of rotatable bonds is 5. The molecule has 0 fully saturated rings. The van der Waals surface area contributed by atoms with Crippen LogP contribution in [0.2, 0.25) is 0 Å². The third-order valence-electron chi connectivity index (χ3n) is 4.80. The highest BCUT2D eigenvalue weighted by Gasteiger charge is 2.19. The minimum Gasteiger partial charge on any atom is -0.345 e. The normalized spacial score (nSPS) is 10.5. The fourth-order valence-electron chi connectivity index (χ4n) is 3.25. The van der Waals surface area contributed by atoms with Gasteiger partial charge in [-0.25, -0.2) is 4.68 Å². The van der Waals surface area contributed by atoms with E-state index in [1.54, 1.807) is 49.2 Å². The second-order valence-electron chi connectivity index (χ2n) is 7.27. The van der Waals surface area contributed by atoms with Gasteiger partial charge in [0, 0.05) is 37.1 Å². The minimum absolute atomic E-state index is 0.127. The van der Waals surface area contributed by atoms with E-state index < -0.39 is 0 Å². The van der Waals surface area contributed by atoms with Crippen LogP contribution in [0.5, 0.6) is 0 Å².